The van der Waals surface area contributed by atoms with Crippen molar-refractivity contribution in [3.8, 4) is 0 Å². The minimum absolute atomic E-state index is 0.00558. The molecule has 40 heavy (non-hydrogen) atoms. The van der Waals surface area contributed by atoms with Gasteiger partial charge in [0.1, 0.15) is 6.04 Å². The van der Waals surface area contributed by atoms with Crippen LogP contribution in [0, 0.1) is 11.8 Å². The third kappa shape index (κ3) is 4.11. The van der Waals surface area contributed by atoms with Gasteiger partial charge in [-0.2, -0.15) is 0 Å². The SMILES string of the molecule is C[C@]12C=CCN(c3ccccc3)C(=O)[C@H]1[C@H]1C(=O)N(CCCCO)C3C(=O)N(c4ccccc4Cl)CC=C[C@@]31S2. The van der Waals surface area contributed by atoms with Crippen LogP contribution in [-0.2, 0) is 14.4 Å². The van der Waals surface area contributed by atoms with Crippen molar-refractivity contribution in [2.45, 2.75) is 35.3 Å². The number of thioether (sulfide) groups is 1. The number of rotatable bonds is 6. The third-order valence-corrected chi connectivity index (χ3v) is 10.7. The van der Waals surface area contributed by atoms with Gasteiger partial charge in [0.2, 0.25) is 11.8 Å². The lowest BCUT2D eigenvalue weighted by molar-refractivity contribution is -0.139. The van der Waals surface area contributed by atoms with Crippen LogP contribution in [0.25, 0.3) is 0 Å². The molecule has 1 spiro atoms. The van der Waals surface area contributed by atoms with Crippen LogP contribution in [0.4, 0.5) is 11.4 Å². The number of aliphatic hydroxyl groups excluding tert-OH is 1. The Bertz CT molecular complexity index is 1400. The topological polar surface area (TPSA) is 81.2 Å². The molecule has 4 aliphatic rings. The lowest BCUT2D eigenvalue weighted by Gasteiger charge is -2.37. The first-order chi connectivity index (χ1) is 19.3. The van der Waals surface area contributed by atoms with E-state index < -0.39 is 27.4 Å². The Morgan fingerprint density at radius 2 is 1.57 bits per heavy atom. The van der Waals surface area contributed by atoms with Gasteiger partial charge in [-0.25, -0.2) is 0 Å². The van der Waals surface area contributed by atoms with Crippen LogP contribution in [0.3, 0.4) is 0 Å². The van der Waals surface area contributed by atoms with Gasteiger partial charge in [0, 0.05) is 36.7 Å². The van der Waals surface area contributed by atoms with Crippen LogP contribution in [-0.4, -0.2) is 69.5 Å². The zero-order chi connectivity index (χ0) is 28.1. The monoisotopic (exact) mass is 577 g/mol. The predicted molar refractivity (Wildman–Crippen MR) is 158 cm³/mol. The second-order valence-electron chi connectivity index (χ2n) is 10.9. The molecule has 2 aromatic carbocycles. The van der Waals surface area contributed by atoms with Crippen molar-refractivity contribution < 1.29 is 19.5 Å². The molecule has 2 fully saturated rings. The molecule has 4 heterocycles. The number of likely N-dealkylation sites (tertiary alicyclic amines) is 1. The van der Waals surface area contributed by atoms with E-state index in [-0.39, 0.29) is 24.3 Å². The van der Waals surface area contributed by atoms with Crippen molar-refractivity contribution in [1.29, 1.82) is 0 Å². The van der Waals surface area contributed by atoms with Crippen molar-refractivity contribution in [2.75, 3.05) is 36.0 Å². The van der Waals surface area contributed by atoms with Gasteiger partial charge in [-0.15, -0.1) is 11.8 Å². The quantitative estimate of drug-likeness (QED) is 0.409. The van der Waals surface area contributed by atoms with Crippen molar-refractivity contribution in [1.82, 2.24) is 4.90 Å². The first-order valence-electron chi connectivity index (χ1n) is 13.7. The maximum absolute atomic E-state index is 14.5. The number of para-hydroxylation sites is 2. The largest absolute Gasteiger partial charge is 0.396 e. The standard InChI is InChI=1S/C31H32ClN3O4S/c1-30-15-9-18-33(21-11-3-2-4-12-21)27(37)24(30)25-28(38)35(17-7-8-20-36)26-29(39)34(19-10-16-31(25,26)40-30)23-14-6-5-13-22(23)32/h2-6,9-16,24-26,36H,7-8,17-20H2,1H3/t24-,25+,26?,30+,31+/m1/s1. The summed E-state index contributed by atoms with van der Waals surface area (Å²) in [4.78, 5) is 48.4. The minimum atomic E-state index is -0.928. The summed E-state index contributed by atoms with van der Waals surface area (Å²) in [6, 6.07) is 15.9. The van der Waals surface area contributed by atoms with E-state index in [4.69, 9.17) is 11.6 Å². The Morgan fingerprint density at radius 3 is 2.33 bits per heavy atom. The number of unbranched alkanes of at least 4 members (excludes halogenated alkanes) is 1. The molecule has 4 aliphatic heterocycles. The van der Waals surface area contributed by atoms with Gasteiger partial charge in [-0.05, 0) is 44.0 Å². The molecule has 0 aliphatic carbocycles. The van der Waals surface area contributed by atoms with Crippen molar-refractivity contribution in [3.05, 3.63) is 83.9 Å². The molecule has 0 bridgehead atoms. The van der Waals surface area contributed by atoms with Crippen LogP contribution in [0.15, 0.2) is 78.9 Å². The van der Waals surface area contributed by atoms with Gasteiger partial charge >= 0.3 is 0 Å². The Morgan fingerprint density at radius 1 is 0.875 bits per heavy atom. The molecule has 2 aromatic rings. The molecule has 2 saturated heterocycles. The molecular weight excluding hydrogens is 546 g/mol. The number of nitrogens with zero attached hydrogens (tertiary/aromatic N) is 3. The zero-order valence-electron chi connectivity index (χ0n) is 22.3. The van der Waals surface area contributed by atoms with Crippen LogP contribution in [0.5, 0.6) is 0 Å². The number of aliphatic hydroxyl groups is 1. The first-order valence-corrected chi connectivity index (χ1v) is 14.9. The number of halogens is 1. The number of amides is 3. The van der Waals surface area contributed by atoms with Gasteiger partial charge in [-0.1, -0.05) is 66.2 Å². The fourth-order valence-electron chi connectivity index (χ4n) is 6.88. The zero-order valence-corrected chi connectivity index (χ0v) is 23.9. The highest BCUT2D eigenvalue weighted by atomic mass is 35.5. The van der Waals surface area contributed by atoms with Crippen molar-refractivity contribution in [3.63, 3.8) is 0 Å². The van der Waals surface area contributed by atoms with Gasteiger partial charge < -0.3 is 19.8 Å². The van der Waals surface area contributed by atoms with E-state index in [1.807, 2.05) is 73.7 Å². The molecule has 7 nitrogen and oxygen atoms in total. The summed E-state index contributed by atoms with van der Waals surface area (Å²) >= 11 is 8.10. The lowest BCUT2D eigenvalue weighted by Crippen LogP contribution is -2.53. The summed E-state index contributed by atoms with van der Waals surface area (Å²) in [5, 5.41) is 9.90. The Balaban J connectivity index is 1.47. The fourth-order valence-corrected chi connectivity index (χ4v) is 9.28. The van der Waals surface area contributed by atoms with Crippen molar-refractivity contribution >= 4 is 52.5 Å². The second-order valence-corrected chi connectivity index (χ2v) is 13.1. The maximum Gasteiger partial charge on any atom is 0.251 e. The number of carbonyl (C=O) groups is 3. The average molecular weight is 578 g/mol. The highest BCUT2D eigenvalue weighted by molar-refractivity contribution is 8.02. The van der Waals surface area contributed by atoms with E-state index in [9.17, 15) is 19.5 Å². The summed E-state index contributed by atoms with van der Waals surface area (Å²) in [5.74, 6) is -1.86. The normalized spacial score (nSPS) is 31.2. The molecule has 0 saturated carbocycles. The van der Waals surface area contributed by atoms with E-state index in [2.05, 4.69) is 6.08 Å². The molecule has 5 atom stereocenters. The second kappa shape index (κ2) is 10.4. The number of benzene rings is 2. The summed E-state index contributed by atoms with van der Waals surface area (Å²) < 4.78 is -1.61. The van der Waals surface area contributed by atoms with Crippen LogP contribution in [0.2, 0.25) is 5.02 Å². The molecular formula is C31H32ClN3O4S. The predicted octanol–water partition coefficient (Wildman–Crippen LogP) is 4.31. The van der Waals surface area contributed by atoms with E-state index >= 15 is 0 Å². The summed E-state index contributed by atoms with van der Waals surface area (Å²) in [5.41, 5.74) is 1.38. The molecule has 3 amide bonds. The Kier molecular flexibility index (Phi) is 7.05. The Hall–Kier alpha value is -3.07. The molecule has 1 unspecified atom stereocenters. The highest BCUT2D eigenvalue weighted by Gasteiger charge is 2.74. The maximum atomic E-state index is 14.5. The smallest absolute Gasteiger partial charge is 0.251 e. The lowest BCUT2D eigenvalue weighted by atomic mass is 9.74. The van der Waals surface area contributed by atoms with Gasteiger partial charge in [-0.3, -0.25) is 14.4 Å². The van der Waals surface area contributed by atoms with E-state index in [1.54, 1.807) is 32.5 Å². The van der Waals surface area contributed by atoms with E-state index in [0.717, 1.165) is 5.69 Å². The van der Waals surface area contributed by atoms with Crippen LogP contribution >= 0.6 is 23.4 Å². The molecule has 0 aromatic heterocycles. The van der Waals surface area contributed by atoms with Crippen LogP contribution < -0.4 is 9.80 Å². The minimum Gasteiger partial charge on any atom is -0.396 e. The highest BCUT2D eigenvalue weighted by Crippen LogP contribution is 2.65. The van der Waals surface area contributed by atoms with E-state index in [0.29, 0.717) is 43.2 Å². The average Bonchev–Trinajstić information content (AvgIpc) is 3.21. The van der Waals surface area contributed by atoms with E-state index in [1.165, 1.54) is 0 Å². The molecule has 1 N–H and O–H groups in total. The summed E-state index contributed by atoms with van der Waals surface area (Å²) in [6.45, 7) is 3.09. The fraction of sp³-hybridized carbons (Fsp3) is 0.387. The molecule has 6 rings (SSSR count). The first kappa shape index (κ1) is 27.1. The number of hydrogen-bond donors (Lipinski definition) is 1. The summed E-state index contributed by atoms with van der Waals surface area (Å²) in [6.07, 6.45) is 9.10. The summed E-state index contributed by atoms with van der Waals surface area (Å²) in [7, 11) is 0. The number of hydrogen-bond acceptors (Lipinski definition) is 5. The number of fused-ring (bicyclic) bond motifs is 2. The number of anilines is 2. The molecule has 9 heteroatoms. The molecule has 0 radical (unpaired) electrons. The van der Waals surface area contributed by atoms with Crippen molar-refractivity contribution in [2.24, 2.45) is 11.8 Å². The van der Waals surface area contributed by atoms with Gasteiger partial charge in [0.05, 0.1) is 27.3 Å². The third-order valence-electron chi connectivity index (χ3n) is 8.58. The van der Waals surface area contributed by atoms with Gasteiger partial charge in [0.15, 0.2) is 0 Å². The number of carbonyl (C=O) groups excluding carboxylic acids is 3. The van der Waals surface area contributed by atoms with Gasteiger partial charge in [0.25, 0.3) is 5.91 Å². The Labute approximate surface area is 243 Å². The van der Waals surface area contributed by atoms with Crippen LogP contribution in [0.1, 0.15) is 19.8 Å². The molecule has 208 valence electrons.